The molecule has 0 aromatic carbocycles. The Hall–Kier alpha value is -0.760. The summed E-state index contributed by atoms with van der Waals surface area (Å²) < 4.78 is 5.80. The Labute approximate surface area is 85.7 Å². The summed E-state index contributed by atoms with van der Waals surface area (Å²) in [7, 11) is 0. The van der Waals surface area contributed by atoms with Gasteiger partial charge < -0.3 is 9.73 Å². The van der Waals surface area contributed by atoms with Gasteiger partial charge >= 0.3 is 0 Å². The molecule has 78 valence electrons. The Balaban J connectivity index is 2.00. The van der Waals surface area contributed by atoms with Crippen molar-refractivity contribution < 1.29 is 4.42 Å². The van der Waals surface area contributed by atoms with E-state index in [4.69, 9.17) is 4.42 Å². The number of nitrogens with one attached hydrogen (secondary N) is 1. The molecule has 2 heteroatoms. The van der Waals surface area contributed by atoms with E-state index in [0.717, 1.165) is 30.9 Å². The van der Waals surface area contributed by atoms with Crippen LogP contribution >= 0.6 is 0 Å². The Kier molecular flexibility index (Phi) is 3.25. The van der Waals surface area contributed by atoms with Crippen molar-refractivity contribution in [2.75, 3.05) is 6.54 Å². The molecule has 1 aliphatic rings. The standard InChI is InChI=1S/C12H19NO/c1-2-5-10-7-8-12(14-10)11-6-3-4-9-13-11/h7-8,11,13H,2-6,9H2,1H3/t11-/m1/s1. The molecule has 0 spiro atoms. The second-order valence-corrected chi connectivity index (χ2v) is 4.06. The highest BCUT2D eigenvalue weighted by atomic mass is 16.3. The average molecular weight is 193 g/mol. The highest BCUT2D eigenvalue weighted by Gasteiger charge is 2.17. The van der Waals surface area contributed by atoms with E-state index in [0.29, 0.717) is 6.04 Å². The Morgan fingerprint density at radius 3 is 3.07 bits per heavy atom. The van der Waals surface area contributed by atoms with Gasteiger partial charge in [0.05, 0.1) is 6.04 Å². The molecule has 0 unspecified atom stereocenters. The van der Waals surface area contributed by atoms with Crippen molar-refractivity contribution in [2.45, 2.75) is 45.1 Å². The summed E-state index contributed by atoms with van der Waals surface area (Å²) in [5.41, 5.74) is 0. The molecule has 1 atom stereocenters. The van der Waals surface area contributed by atoms with Gasteiger partial charge in [0.25, 0.3) is 0 Å². The SMILES string of the molecule is CCCc1ccc([C@H]2CCCCN2)o1. The first kappa shape index (κ1) is 9.78. The Bertz CT molecular complexity index is 274. The molecule has 0 radical (unpaired) electrons. The molecule has 0 saturated carbocycles. The molecule has 1 N–H and O–H groups in total. The van der Waals surface area contributed by atoms with Crippen molar-refractivity contribution in [3.63, 3.8) is 0 Å². The van der Waals surface area contributed by atoms with Gasteiger partial charge in [-0.1, -0.05) is 13.3 Å². The number of furan rings is 1. The van der Waals surface area contributed by atoms with Crippen molar-refractivity contribution in [1.82, 2.24) is 5.32 Å². The fraction of sp³-hybridized carbons (Fsp3) is 0.667. The van der Waals surface area contributed by atoms with Crippen LogP contribution in [0.3, 0.4) is 0 Å². The highest BCUT2D eigenvalue weighted by molar-refractivity contribution is 5.11. The summed E-state index contributed by atoms with van der Waals surface area (Å²) in [6.45, 7) is 3.32. The molecule has 2 nitrogen and oxygen atoms in total. The first-order valence-corrected chi connectivity index (χ1v) is 5.72. The quantitative estimate of drug-likeness (QED) is 0.798. The molecule has 2 heterocycles. The van der Waals surface area contributed by atoms with Crippen LogP contribution in [-0.4, -0.2) is 6.54 Å². The van der Waals surface area contributed by atoms with E-state index in [-0.39, 0.29) is 0 Å². The maximum atomic E-state index is 5.80. The fourth-order valence-electron chi connectivity index (χ4n) is 2.06. The molecule has 0 amide bonds. The van der Waals surface area contributed by atoms with Crippen molar-refractivity contribution in [2.24, 2.45) is 0 Å². The maximum absolute atomic E-state index is 5.80. The fourth-order valence-corrected chi connectivity index (χ4v) is 2.06. The van der Waals surface area contributed by atoms with Gasteiger partial charge in [-0.15, -0.1) is 0 Å². The van der Waals surface area contributed by atoms with Crippen LogP contribution in [0, 0.1) is 0 Å². The van der Waals surface area contributed by atoms with E-state index < -0.39 is 0 Å². The second kappa shape index (κ2) is 4.65. The summed E-state index contributed by atoms with van der Waals surface area (Å²) in [5.74, 6) is 2.27. The maximum Gasteiger partial charge on any atom is 0.121 e. The Morgan fingerprint density at radius 2 is 2.36 bits per heavy atom. The van der Waals surface area contributed by atoms with Crippen molar-refractivity contribution >= 4 is 0 Å². The Morgan fingerprint density at radius 1 is 1.43 bits per heavy atom. The van der Waals surface area contributed by atoms with E-state index in [9.17, 15) is 0 Å². The normalized spacial score (nSPS) is 22.5. The van der Waals surface area contributed by atoms with Gasteiger partial charge in [-0.25, -0.2) is 0 Å². The van der Waals surface area contributed by atoms with Crippen LogP contribution in [-0.2, 0) is 6.42 Å². The minimum atomic E-state index is 0.467. The molecule has 0 aliphatic carbocycles. The molecule has 14 heavy (non-hydrogen) atoms. The third-order valence-corrected chi connectivity index (χ3v) is 2.83. The lowest BCUT2D eigenvalue weighted by molar-refractivity contribution is 0.339. The van der Waals surface area contributed by atoms with E-state index in [1.54, 1.807) is 0 Å². The number of piperidine rings is 1. The van der Waals surface area contributed by atoms with Crippen LogP contribution in [0.1, 0.15) is 50.2 Å². The highest BCUT2D eigenvalue weighted by Crippen LogP contribution is 2.24. The zero-order valence-corrected chi connectivity index (χ0v) is 8.88. The topological polar surface area (TPSA) is 25.2 Å². The van der Waals surface area contributed by atoms with Crippen LogP contribution in [0.5, 0.6) is 0 Å². The number of rotatable bonds is 3. The summed E-state index contributed by atoms with van der Waals surface area (Å²) in [5, 5.41) is 3.50. The average Bonchev–Trinajstić information content (AvgIpc) is 2.68. The third kappa shape index (κ3) is 2.18. The molecular formula is C12H19NO. The predicted octanol–water partition coefficient (Wildman–Crippen LogP) is 3.05. The second-order valence-electron chi connectivity index (χ2n) is 4.06. The van der Waals surface area contributed by atoms with Crippen LogP contribution in [0.25, 0.3) is 0 Å². The monoisotopic (exact) mass is 193 g/mol. The predicted molar refractivity (Wildman–Crippen MR) is 57.3 cm³/mol. The molecule has 1 aromatic rings. The van der Waals surface area contributed by atoms with Crippen LogP contribution < -0.4 is 5.32 Å². The lowest BCUT2D eigenvalue weighted by Gasteiger charge is -2.21. The lowest BCUT2D eigenvalue weighted by Crippen LogP contribution is -2.26. The largest absolute Gasteiger partial charge is 0.464 e. The third-order valence-electron chi connectivity index (χ3n) is 2.83. The zero-order valence-electron chi connectivity index (χ0n) is 8.88. The van der Waals surface area contributed by atoms with E-state index in [1.807, 2.05) is 0 Å². The van der Waals surface area contributed by atoms with Gasteiger partial charge in [-0.3, -0.25) is 0 Å². The van der Waals surface area contributed by atoms with Crippen LogP contribution in [0.2, 0.25) is 0 Å². The van der Waals surface area contributed by atoms with Gasteiger partial charge in [0, 0.05) is 6.42 Å². The van der Waals surface area contributed by atoms with E-state index in [2.05, 4.69) is 24.4 Å². The molecule has 1 aliphatic heterocycles. The minimum Gasteiger partial charge on any atom is -0.464 e. The molecule has 0 bridgehead atoms. The van der Waals surface area contributed by atoms with Gasteiger partial charge in [0.15, 0.2) is 0 Å². The first-order chi connectivity index (χ1) is 6.90. The summed E-state index contributed by atoms with van der Waals surface area (Å²) in [4.78, 5) is 0. The van der Waals surface area contributed by atoms with Crippen molar-refractivity contribution in [3.05, 3.63) is 23.7 Å². The first-order valence-electron chi connectivity index (χ1n) is 5.72. The van der Waals surface area contributed by atoms with Gasteiger partial charge in [-0.2, -0.15) is 0 Å². The molecular weight excluding hydrogens is 174 g/mol. The van der Waals surface area contributed by atoms with Gasteiger partial charge in [-0.05, 0) is 37.9 Å². The number of aryl methyl sites for hydroxylation is 1. The smallest absolute Gasteiger partial charge is 0.121 e. The lowest BCUT2D eigenvalue weighted by atomic mass is 10.0. The summed E-state index contributed by atoms with van der Waals surface area (Å²) in [6.07, 6.45) is 6.07. The van der Waals surface area contributed by atoms with Crippen LogP contribution in [0.4, 0.5) is 0 Å². The number of hydrogen-bond acceptors (Lipinski definition) is 2. The summed E-state index contributed by atoms with van der Waals surface area (Å²) in [6, 6.07) is 4.72. The summed E-state index contributed by atoms with van der Waals surface area (Å²) >= 11 is 0. The van der Waals surface area contributed by atoms with Crippen molar-refractivity contribution in [1.29, 1.82) is 0 Å². The molecule has 1 aromatic heterocycles. The van der Waals surface area contributed by atoms with E-state index in [1.165, 1.54) is 19.3 Å². The molecule has 1 saturated heterocycles. The van der Waals surface area contributed by atoms with Crippen LogP contribution in [0.15, 0.2) is 16.5 Å². The molecule has 1 fully saturated rings. The van der Waals surface area contributed by atoms with E-state index >= 15 is 0 Å². The van der Waals surface area contributed by atoms with Gasteiger partial charge in [0.2, 0.25) is 0 Å². The zero-order chi connectivity index (χ0) is 9.80. The number of hydrogen-bond donors (Lipinski definition) is 1. The minimum absolute atomic E-state index is 0.467. The van der Waals surface area contributed by atoms with Crippen molar-refractivity contribution in [3.8, 4) is 0 Å². The van der Waals surface area contributed by atoms with Gasteiger partial charge in [0.1, 0.15) is 11.5 Å². The molecule has 2 rings (SSSR count).